The molecule has 0 spiro atoms. The number of halogens is 6. The number of H-pyrrole nitrogens is 1. The van der Waals surface area contributed by atoms with Crippen LogP contribution in [0.3, 0.4) is 0 Å². The number of para-hydroxylation sites is 1. The summed E-state index contributed by atoms with van der Waals surface area (Å²) in [6.07, 6.45) is -7.76. The number of nitrogens with zero attached hydrogens (tertiary/aromatic N) is 2. The lowest BCUT2D eigenvalue weighted by Gasteiger charge is -2.42. The highest BCUT2D eigenvalue weighted by molar-refractivity contribution is 5.96. The highest BCUT2D eigenvalue weighted by atomic mass is 19.4. The number of benzene rings is 3. The number of carbonyl (C=O) groups is 1. The Morgan fingerprint density at radius 3 is 2.31 bits per heavy atom. The lowest BCUT2D eigenvalue weighted by Crippen LogP contribution is -2.55. The van der Waals surface area contributed by atoms with E-state index in [0.29, 0.717) is 44.3 Å². The van der Waals surface area contributed by atoms with Crippen LogP contribution in [-0.2, 0) is 25.3 Å². The quantitative estimate of drug-likeness (QED) is 0.281. The maximum absolute atomic E-state index is 13.8. The smallest absolute Gasteiger partial charge is 0.361 e. The van der Waals surface area contributed by atoms with Crippen molar-refractivity contribution in [1.29, 1.82) is 0 Å². The Morgan fingerprint density at radius 1 is 0.872 bits per heavy atom. The molecule has 1 amide bonds. The Hall–Kier alpha value is -3.79. The largest absolute Gasteiger partial charge is 0.417 e. The zero-order valence-corrected chi connectivity index (χ0v) is 20.7. The van der Waals surface area contributed by atoms with Crippen LogP contribution in [0.15, 0.2) is 79.0 Å². The van der Waals surface area contributed by atoms with E-state index in [1.54, 1.807) is 6.20 Å². The van der Waals surface area contributed by atoms with Gasteiger partial charge >= 0.3 is 12.4 Å². The molecule has 2 heterocycles. The monoisotopic (exact) mass is 545 g/mol. The van der Waals surface area contributed by atoms with Crippen molar-refractivity contribution in [2.45, 2.75) is 31.4 Å². The van der Waals surface area contributed by atoms with Crippen molar-refractivity contribution in [2.75, 3.05) is 19.6 Å². The molecule has 1 aromatic heterocycles. The summed E-state index contributed by atoms with van der Waals surface area (Å²) in [7, 11) is 0. The average Bonchev–Trinajstić information content (AvgIpc) is 3.30. The Labute approximate surface area is 220 Å². The molecule has 1 N–H and O–H groups in total. The number of aromatic amines is 1. The minimum absolute atomic E-state index is 0.0756. The predicted molar refractivity (Wildman–Crippen MR) is 135 cm³/mol. The van der Waals surface area contributed by atoms with E-state index in [0.717, 1.165) is 22.0 Å². The van der Waals surface area contributed by atoms with Gasteiger partial charge in [-0.15, -0.1) is 0 Å². The minimum atomic E-state index is -4.99. The number of nitrogens with one attached hydrogen (secondary N) is 1. The number of amides is 1. The van der Waals surface area contributed by atoms with E-state index in [9.17, 15) is 31.1 Å². The standard InChI is InChI=1S/C29H25F6N3O/c30-28(31,32)21-10-11-25(29(33,34)35)24(15-21)27(39)38-13-12-37(17-19-6-2-1-3-7-19)18-22(38)14-20-16-36-26-9-5-4-8-23(20)26/h1-11,15-16,22,36H,12-14,17-18H2/t22-/m1/s1. The fraction of sp³-hybridized carbons (Fsp3) is 0.276. The van der Waals surface area contributed by atoms with Crippen LogP contribution in [0.4, 0.5) is 26.3 Å². The third kappa shape index (κ3) is 5.80. The molecule has 1 atom stereocenters. The molecule has 0 saturated carbocycles. The van der Waals surface area contributed by atoms with Crippen molar-refractivity contribution in [3.63, 3.8) is 0 Å². The summed E-state index contributed by atoms with van der Waals surface area (Å²) in [5.41, 5.74) is -0.875. The van der Waals surface area contributed by atoms with E-state index in [1.165, 1.54) is 4.90 Å². The van der Waals surface area contributed by atoms with E-state index in [1.807, 2.05) is 54.6 Å². The molecule has 1 aliphatic heterocycles. The zero-order chi connectivity index (χ0) is 27.8. The molecular weight excluding hydrogens is 520 g/mol. The number of alkyl halides is 6. The van der Waals surface area contributed by atoms with Crippen molar-refractivity contribution in [1.82, 2.24) is 14.8 Å². The molecule has 0 bridgehead atoms. The fourth-order valence-electron chi connectivity index (χ4n) is 5.20. The second-order valence-electron chi connectivity index (χ2n) is 9.69. The van der Waals surface area contributed by atoms with Gasteiger partial charge in [-0.2, -0.15) is 26.3 Å². The number of piperazine rings is 1. The number of carbonyl (C=O) groups excluding carboxylic acids is 1. The first-order chi connectivity index (χ1) is 18.5. The van der Waals surface area contributed by atoms with E-state index in [2.05, 4.69) is 9.88 Å². The van der Waals surface area contributed by atoms with E-state index < -0.39 is 41.0 Å². The molecule has 5 rings (SSSR count). The molecule has 39 heavy (non-hydrogen) atoms. The highest BCUT2D eigenvalue weighted by Gasteiger charge is 2.41. The van der Waals surface area contributed by atoms with Crippen LogP contribution in [0.2, 0.25) is 0 Å². The molecule has 0 radical (unpaired) electrons. The first-order valence-corrected chi connectivity index (χ1v) is 12.4. The van der Waals surface area contributed by atoms with Crippen LogP contribution < -0.4 is 0 Å². The summed E-state index contributed by atoms with van der Waals surface area (Å²) in [4.78, 5) is 20.2. The first kappa shape index (κ1) is 26.8. The third-order valence-corrected chi connectivity index (χ3v) is 7.09. The summed E-state index contributed by atoms with van der Waals surface area (Å²) >= 11 is 0. The lowest BCUT2D eigenvalue weighted by atomic mass is 9.97. The van der Waals surface area contributed by atoms with Gasteiger partial charge in [0, 0.05) is 49.3 Å². The summed E-state index contributed by atoms with van der Waals surface area (Å²) in [5, 5.41) is 0.917. The second-order valence-corrected chi connectivity index (χ2v) is 9.69. The van der Waals surface area contributed by atoms with Gasteiger partial charge < -0.3 is 9.88 Å². The third-order valence-electron chi connectivity index (χ3n) is 7.09. The van der Waals surface area contributed by atoms with E-state index in [-0.39, 0.29) is 6.54 Å². The van der Waals surface area contributed by atoms with Crippen molar-refractivity contribution < 1.29 is 31.1 Å². The number of aromatic nitrogens is 1. The van der Waals surface area contributed by atoms with Gasteiger partial charge in [-0.25, -0.2) is 0 Å². The maximum atomic E-state index is 13.8. The molecule has 4 nitrogen and oxygen atoms in total. The van der Waals surface area contributed by atoms with Gasteiger partial charge in [-0.05, 0) is 41.8 Å². The van der Waals surface area contributed by atoms with Crippen LogP contribution in [0.25, 0.3) is 10.9 Å². The van der Waals surface area contributed by atoms with Crippen molar-refractivity contribution in [3.05, 3.63) is 107 Å². The molecule has 204 valence electrons. The van der Waals surface area contributed by atoms with Gasteiger partial charge in [0.15, 0.2) is 0 Å². The lowest BCUT2D eigenvalue weighted by molar-refractivity contribution is -0.141. The Morgan fingerprint density at radius 2 is 1.59 bits per heavy atom. The normalized spacial score (nSPS) is 17.1. The van der Waals surface area contributed by atoms with Gasteiger partial charge in [-0.3, -0.25) is 9.69 Å². The van der Waals surface area contributed by atoms with E-state index in [4.69, 9.17) is 0 Å². The van der Waals surface area contributed by atoms with Crippen LogP contribution in [0, 0.1) is 0 Å². The highest BCUT2D eigenvalue weighted by Crippen LogP contribution is 2.37. The van der Waals surface area contributed by atoms with Crippen LogP contribution in [-0.4, -0.2) is 46.4 Å². The summed E-state index contributed by atoms with van der Waals surface area (Å²) < 4.78 is 81.7. The Bertz CT molecular complexity index is 1460. The van der Waals surface area contributed by atoms with Gasteiger partial charge in [0.1, 0.15) is 0 Å². The summed E-state index contributed by atoms with van der Waals surface area (Å²) in [6.45, 7) is 1.36. The van der Waals surface area contributed by atoms with Crippen LogP contribution in [0.1, 0.15) is 32.6 Å². The molecule has 3 aromatic carbocycles. The number of fused-ring (bicyclic) bond motifs is 1. The van der Waals surface area contributed by atoms with Crippen LogP contribution in [0.5, 0.6) is 0 Å². The molecule has 1 saturated heterocycles. The molecule has 1 aliphatic rings. The maximum Gasteiger partial charge on any atom is 0.417 e. The topological polar surface area (TPSA) is 39.3 Å². The number of rotatable bonds is 5. The Kier molecular flexibility index (Phi) is 7.15. The number of hydrogen-bond donors (Lipinski definition) is 1. The predicted octanol–water partition coefficient (Wildman–Crippen LogP) is 6.77. The van der Waals surface area contributed by atoms with Crippen LogP contribution >= 0.6 is 0 Å². The molecular formula is C29H25F6N3O. The molecule has 1 fully saturated rings. The zero-order valence-electron chi connectivity index (χ0n) is 20.7. The van der Waals surface area contributed by atoms with Crippen molar-refractivity contribution in [3.8, 4) is 0 Å². The van der Waals surface area contributed by atoms with Crippen molar-refractivity contribution >= 4 is 16.8 Å². The van der Waals surface area contributed by atoms with Gasteiger partial charge in [0.05, 0.1) is 16.7 Å². The van der Waals surface area contributed by atoms with Crippen molar-refractivity contribution in [2.24, 2.45) is 0 Å². The second kappa shape index (κ2) is 10.4. The summed E-state index contributed by atoms with van der Waals surface area (Å²) in [5.74, 6) is -1.06. The minimum Gasteiger partial charge on any atom is -0.361 e. The fourth-order valence-corrected chi connectivity index (χ4v) is 5.20. The Balaban J connectivity index is 1.50. The summed E-state index contributed by atoms with van der Waals surface area (Å²) in [6, 6.07) is 17.6. The van der Waals surface area contributed by atoms with Gasteiger partial charge in [0.2, 0.25) is 0 Å². The molecule has 0 unspecified atom stereocenters. The van der Waals surface area contributed by atoms with E-state index >= 15 is 0 Å². The molecule has 0 aliphatic carbocycles. The van der Waals surface area contributed by atoms with Gasteiger partial charge in [0.25, 0.3) is 5.91 Å². The molecule has 4 aromatic rings. The molecule has 10 heteroatoms. The first-order valence-electron chi connectivity index (χ1n) is 12.4. The number of hydrogen-bond acceptors (Lipinski definition) is 2. The average molecular weight is 546 g/mol. The van der Waals surface area contributed by atoms with Gasteiger partial charge in [-0.1, -0.05) is 48.5 Å². The SMILES string of the molecule is O=C(c1cc(C(F)(F)F)ccc1C(F)(F)F)N1CCN(Cc2ccccc2)C[C@H]1Cc1c[nH]c2ccccc12.